The molecule has 31 heavy (non-hydrogen) atoms. The Hall–Kier alpha value is -3.67. The Bertz CT molecular complexity index is 1140. The van der Waals surface area contributed by atoms with Crippen molar-refractivity contribution in [2.75, 3.05) is 7.11 Å². The maximum absolute atomic E-state index is 12.7. The summed E-state index contributed by atoms with van der Waals surface area (Å²) in [5.41, 5.74) is 1.65. The molecular weight excluding hydrogens is 390 g/mol. The van der Waals surface area contributed by atoms with Crippen molar-refractivity contribution in [1.82, 2.24) is 15.2 Å². The van der Waals surface area contributed by atoms with Crippen LogP contribution in [0.25, 0.3) is 0 Å². The van der Waals surface area contributed by atoms with Gasteiger partial charge in [0, 0.05) is 30.0 Å². The number of allylic oxidation sites excluding steroid dienone is 3. The molecule has 1 atom stereocenters. The number of aromatic nitrogens is 1. The summed E-state index contributed by atoms with van der Waals surface area (Å²) in [6.07, 6.45) is 7.53. The minimum absolute atomic E-state index is 0.0288. The molecule has 1 unspecified atom stereocenters. The summed E-state index contributed by atoms with van der Waals surface area (Å²) >= 11 is 0. The van der Waals surface area contributed by atoms with Gasteiger partial charge in [-0.1, -0.05) is 31.4 Å². The second kappa shape index (κ2) is 8.22. The molecule has 2 N–H and O–H groups in total. The van der Waals surface area contributed by atoms with Crippen LogP contribution in [0.4, 0.5) is 0 Å². The number of aryl methyl sites for hydroxylation is 1. The van der Waals surface area contributed by atoms with Gasteiger partial charge in [0.05, 0.1) is 25.2 Å². The maximum Gasteiger partial charge on any atom is 0.253 e. The lowest BCUT2D eigenvalue weighted by molar-refractivity contribution is 0.271. The fraction of sp³-hybridized carbons (Fsp3) is 0.240. The highest BCUT2D eigenvalue weighted by Crippen LogP contribution is 2.35. The third kappa shape index (κ3) is 4.01. The predicted molar refractivity (Wildman–Crippen MR) is 121 cm³/mol. The molecule has 2 aliphatic rings. The molecule has 1 aromatic carbocycles. The highest BCUT2D eigenvalue weighted by molar-refractivity contribution is 5.43. The molecule has 4 rings (SSSR count). The van der Waals surface area contributed by atoms with Crippen molar-refractivity contribution >= 4 is 0 Å². The predicted octanol–water partition coefficient (Wildman–Crippen LogP) is 3.82. The number of nitrogens with zero attached hydrogens (tertiary/aromatic N) is 1. The molecule has 0 bridgehead atoms. The molecule has 0 amide bonds. The van der Waals surface area contributed by atoms with Gasteiger partial charge in [-0.05, 0) is 43.2 Å². The van der Waals surface area contributed by atoms with Crippen LogP contribution in [0, 0.1) is 6.92 Å². The molecule has 1 aliphatic heterocycles. The molecule has 6 nitrogen and oxygen atoms in total. The fourth-order valence-electron chi connectivity index (χ4n) is 3.98. The third-order valence-electron chi connectivity index (χ3n) is 5.68. The normalized spacial score (nSPS) is 20.5. The summed E-state index contributed by atoms with van der Waals surface area (Å²) in [5, 5.41) is 6.57. The lowest BCUT2D eigenvalue weighted by Gasteiger charge is -2.31. The van der Waals surface area contributed by atoms with Crippen LogP contribution in [0.3, 0.4) is 0 Å². The first-order valence-electron chi connectivity index (χ1n) is 10.2. The highest BCUT2D eigenvalue weighted by Gasteiger charge is 2.41. The molecule has 1 aromatic heterocycles. The average Bonchev–Trinajstić information content (AvgIpc) is 3.05. The number of nitrogens with one attached hydrogen (secondary N) is 2. The Balaban J connectivity index is 1.64. The van der Waals surface area contributed by atoms with Gasteiger partial charge < -0.3 is 24.7 Å². The molecule has 1 aliphatic carbocycles. The number of ether oxygens (including phenoxy) is 2. The van der Waals surface area contributed by atoms with E-state index in [1.165, 1.54) is 0 Å². The Labute approximate surface area is 182 Å². The zero-order chi connectivity index (χ0) is 22.0. The SMILES string of the molecule is C=C1NC(=C)C(Cn2cccc(C)c2=O)(c2ccc(OC3=CCCC(OC)=C3)cc2)N1. The number of rotatable bonds is 6. The van der Waals surface area contributed by atoms with Crippen LogP contribution >= 0.6 is 0 Å². The largest absolute Gasteiger partial charge is 0.501 e. The number of hydrogen-bond acceptors (Lipinski definition) is 5. The molecule has 0 radical (unpaired) electrons. The van der Waals surface area contributed by atoms with Crippen LogP contribution < -0.4 is 20.9 Å². The van der Waals surface area contributed by atoms with Gasteiger partial charge in [-0.2, -0.15) is 0 Å². The average molecular weight is 418 g/mol. The Kier molecular flexibility index (Phi) is 5.46. The van der Waals surface area contributed by atoms with E-state index < -0.39 is 5.54 Å². The smallest absolute Gasteiger partial charge is 0.253 e. The molecule has 2 aromatic rings. The Morgan fingerprint density at radius 1 is 1.19 bits per heavy atom. The fourth-order valence-corrected chi connectivity index (χ4v) is 3.98. The molecule has 2 heterocycles. The van der Waals surface area contributed by atoms with Crippen molar-refractivity contribution in [2.45, 2.75) is 31.8 Å². The van der Waals surface area contributed by atoms with Crippen molar-refractivity contribution < 1.29 is 9.47 Å². The third-order valence-corrected chi connectivity index (χ3v) is 5.68. The molecule has 1 fully saturated rings. The van der Waals surface area contributed by atoms with Gasteiger partial charge in [0.1, 0.15) is 17.0 Å². The van der Waals surface area contributed by atoms with E-state index in [0.29, 0.717) is 17.9 Å². The van der Waals surface area contributed by atoms with Crippen LogP contribution in [-0.2, 0) is 16.8 Å². The second-order valence-corrected chi connectivity index (χ2v) is 7.82. The minimum atomic E-state index is -0.708. The molecule has 0 saturated carbocycles. The quantitative estimate of drug-likeness (QED) is 0.748. The maximum atomic E-state index is 12.7. The standard InChI is InChI=1S/C25H27N3O3/c1-17-7-6-14-28(24(17)29)16-25(18(2)26-19(3)27-25)20-10-12-21(13-11-20)31-23-9-5-8-22(15-23)30-4/h6-7,9-15,26-27H,2-3,5,8,16H2,1,4H3. The van der Waals surface area contributed by atoms with E-state index in [2.05, 4.69) is 29.9 Å². The van der Waals surface area contributed by atoms with Crippen LogP contribution in [0.5, 0.6) is 5.75 Å². The summed E-state index contributed by atoms with van der Waals surface area (Å²) < 4.78 is 13.0. The van der Waals surface area contributed by atoms with Crippen LogP contribution in [-0.4, -0.2) is 11.7 Å². The number of methoxy groups -OCH3 is 1. The van der Waals surface area contributed by atoms with E-state index in [9.17, 15) is 4.79 Å². The lowest BCUT2D eigenvalue weighted by atomic mass is 9.87. The van der Waals surface area contributed by atoms with Crippen LogP contribution in [0.1, 0.15) is 24.0 Å². The van der Waals surface area contributed by atoms with Crippen molar-refractivity contribution in [3.8, 4) is 5.75 Å². The van der Waals surface area contributed by atoms with Gasteiger partial charge >= 0.3 is 0 Å². The summed E-state index contributed by atoms with van der Waals surface area (Å²) in [5.74, 6) is 3.06. The van der Waals surface area contributed by atoms with E-state index in [4.69, 9.17) is 9.47 Å². The second-order valence-electron chi connectivity index (χ2n) is 7.82. The zero-order valence-electron chi connectivity index (χ0n) is 17.9. The topological polar surface area (TPSA) is 64.5 Å². The monoisotopic (exact) mass is 417 g/mol. The van der Waals surface area contributed by atoms with E-state index in [1.807, 2.05) is 49.4 Å². The first kappa shape index (κ1) is 20.6. The number of hydrogen-bond donors (Lipinski definition) is 2. The van der Waals surface area contributed by atoms with E-state index >= 15 is 0 Å². The molecule has 1 saturated heterocycles. The molecule has 160 valence electrons. The first-order valence-corrected chi connectivity index (χ1v) is 10.2. The summed E-state index contributed by atoms with van der Waals surface area (Å²) in [4.78, 5) is 12.7. The van der Waals surface area contributed by atoms with Gasteiger partial charge in [-0.15, -0.1) is 0 Å². The van der Waals surface area contributed by atoms with Crippen LogP contribution in [0.2, 0.25) is 0 Å². The molecule has 6 heteroatoms. The van der Waals surface area contributed by atoms with E-state index in [1.54, 1.807) is 17.9 Å². The summed E-state index contributed by atoms with van der Waals surface area (Å²) in [7, 11) is 1.67. The molecule has 0 spiro atoms. The van der Waals surface area contributed by atoms with Crippen molar-refractivity contribution in [2.24, 2.45) is 0 Å². The van der Waals surface area contributed by atoms with Gasteiger partial charge in [0.2, 0.25) is 0 Å². The van der Waals surface area contributed by atoms with Crippen molar-refractivity contribution in [3.05, 3.63) is 112 Å². The zero-order valence-corrected chi connectivity index (χ0v) is 17.9. The van der Waals surface area contributed by atoms with Crippen molar-refractivity contribution in [3.63, 3.8) is 0 Å². The minimum Gasteiger partial charge on any atom is -0.501 e. The van der Waals surface area contributed by atoms with E-state index in [0.717, 1.165) is 41.4 Å². The first-order chi connectivity index (χ1) is 14.9. The number of benzene rings is 1. The Morgan fingerprint density at radius 3 is 2.65 bits per heavy atom. The van der Waals surface area contributed by atoms with Crippen LogP contribution in [0.15, 0.2) is 95.7 Å². The Morgan fingerprint density at radius 2 is 1.97 bits per heavy atom. The molecular formula is C25H27N3O3. The lowest BCUT2D eigenvalue weighted by Crippen LogP contribution is -2.44. The summed E-state index contributed by atoms with van der Waals surface area (Å²) in [6.45, 7) is 10.4. The number of pyridine rings is 1. The highest BCUT2D eigenvalue weighted by atomic mass is 16.5. The van der Waals surface area contributed by atoms with Gasteiger partial charge in [-0.25, -0.2) is 0 Å². The summed E-state index contributed by atoms with van der Waals surface area (Å²) in [6, 6.07) is 11.5. The van der Waals surface area contributed by atoms with Gasteiger partial charge in [0.25, 0.3) is 5.56 Å². The van der Waals surface area contributed by atoms with E-state index in [-0.39, 0.29) is 5.56 Å². The van der Waals surface area contributed by atoms with Gasteiger partial charge in [-0.3, -0.25) is 4.79 Å². The van der Waals surface area contributed by atoms with Crippen molar-refractivity contribution in [1.29, 1.82) is 0 Å². The van der Waals surface area contributed by atoms with Gasteiger partial charge in [0.15, 0.2) is 0 Å².